The zero-order valence-electron chi connectivity index (χ0n) is 14.8. The monoisotopic (exact) mass is 374 g/mol. The molecule has 138 valence electrons. The molecule has 0 aliphatic carbocycles. The minimum absolute atomic E-state index is 0.0490. The van der Waals surface area contributed by atoms with Gasteiger partial charge >= 0.3 is 0 Å². The van der Waals surface area contributed by atoms with E-state index in [0.717, 1.165) is 16.9 Å². The van der Waals surface area contributed by atoms with Crippen molar-refractivity contribution in [3.05, 3.63) is 69.8 Å². The van der Waals surface area contributed by atoms with Gasteiger partial charge in [0.25, 0.3) is 5.69 Å². The van der Waals surface area contributed by atoms with Crippen molar-refractivity contribution >= 4 is 23.4 Å². The number of thioether (sulfide) groups is 1. The molecule has 0 aliphatic heterocycles. The van der Waals surface area contributed by atoms with Crippen LogP contribution in [0, 0.1) is 10.1 Å². The molecule has 0 atom stereocenters. The molecule has 1 N–H and O–H groups in total. The van der Waals surface area contributed by atoms with Gasteiger partial charge in [0.05, 0.1) is 16.8 Å². The zero-order valence-corrected chi connectivity index (χ0v) is 15.6. The number of amides is 1. The molecule has 0 heterocycles. The fraction of sp³-hybridized carbons (Fsp3) is 0.316. The lowest BCUT2D eigenvalue weighted by atomic mass is 10.2. The standard InChI is InChI=1S/C19H22N2O4S/c1-14(2)25-18-5-3-4-16(10-18)11-20-19(22)13-26-12-15-6-8-17(9-7-15)21(23)24/h3-10,14H,11-13H2,1-2H3,(H,20,22). The first-order valence-corrected chi connectivity index (χ1v) is 9.43. The number of nitrogens with one attached hydrogen (secondary N) is 1. The summed E-state index contributed by atoms with van der Waals surface area (Å²) in [5, 5.41) is 13.5. The van der Waals surface area contributed by atoms with E-state index in [2.05, 4.69) is 5.32 Å². The number of nitro groups is 1. The highest BCUT2D eigenvalue weighted by atomic mass is 32.2. The Kier molecular flexibility index (Phi) is 7.47. The van der Waals surface area contributed by atoms with Gasteiger partial charge in [0.1, 0.15) is 5.75 Å². The van der Waals surface area contributed by atoms with E-state index >= 15 is 0 Å². The molecule has 0 aliphatic rings. The molecule has 2 rings (SSSR count). The third-order valence-electron chi connectivity index (χ3n) is 3.41. The van der Waals surface area contributed by atoms with E-state index in [1.54, 1.807) is 12.1 Å². The van der Waals surface area contributed by atoms with Crippen LogP contribution in [-0.2, 0) is 17.1 Å². The summed E-state index contributed by atoms with van der Waals surface area (Å²) in [6.07, 6.45) is 0.107. The molecule has 2 aromatic carbocycles. The minimum atomic E-state index is -0.425. The molecule has 7 heteroatoms. The van der Waals surface area contributed by atoms with Gasteiger partial charge in [-0.1, -0.05) is 24.3 Å². The van der Waals surface area contributed by atoms with Crippen molar-refractivity contribution in [2.24, 2.45) is 0 Å². The average molecular weight is 374 g/mol. The summed E-state index contributed by atoms with van der Waals surface area (Å²) >= 11 is 1.47. The topological polar surface area (TPSA) is 81.5 Å². The second kappa shape index (κ2) is 9.82. The summed E-state index contributed by atoms with van der Waals surface area (Å²) in [5.41, 5.74) is 2.00. The van der Waals surface area contributed by atoms with Gasteiger partial charge in [0.15, 0.2) is 0 Å². The normalized spacial score (nSPS) is 10.6. The van der Waals surface area contributed by atoms with Crippen LogP contribution in [0.2, 0.25) is 0 Å². The molecule has 0 saturated carbocycles. The fourth-order valence-corrected chi connectivity index (χ4v) is 3.05. The maximum absolute atomic E-state index is 12.0. The summed E-state index contributed by atoms with van der Waals surface area (Å²) in [6, 6.07) is 14.0. The molecule has 6 nitrogen and oxygen atoms in total. The fourth-order valence-electron chi connectivity index (χ4n) is 2.23. The maximum Gasteiger partial charge on any atom is 0.269 e. The van der Waals surface area contributed by atoms with E-state index < -0.39 is 4.92 Å². The van der Waals surface area contributed by atoms with E-state index in [0.29, 0.717) is 18.1 Å². The molecular formula is C19H22N2O4S. The van der Waals surface area contributed by atoms with Crippen LogP contribution in [0.15, 0.2) is 48.5 Å². The van der Waals surface area contributed by atoms with Crippen LogP contribution in [0.3, 0.4) is 0 Å². The summed E-state index contributed by atoms with van der Waals surface area (Å²) in [4.78, 5) is 22.2. The Morgan fingerprint density at radius 1 is 1.19 bits per heavy atom. The van der Waals surface area contributed by atoms with Crippen molar-refractivity contribution in [1.29, 1.82) is 0 Å². The Bertz CT molecular complexity index is 747. The second-order valence-electron chi connectivity index (χ2n) is 6.01. The highest BCUT2D eigenvalue weighted by Gasteiger charge is 2.06. The van der Waals surface area contributed by atoms with E-state index in [9.17, 15) is 14.9 Å². The summed E-state index contributed by atoms with van der Waals surface area (Å²) in [7, 11) is 0. The van der Waals surface area contributed by atoms with Gasteiger partial charge in [-0.3, -0.25) is 14.9 Å². The van der Waals surface area contributed by atoms with Crippen LogP contribution in [0.1, 0.15) is 25.0 Å². The van der Waals surface area contributed by atoms with Gasteiger partial charge in [0, 0.05) is 24.4 Å². The molecule has 0 saturated heterocycles. The average Bonchev–Trinajstić information content (AvgIpc) is 2.60. The Hall–Kier alpha value is -2.54. The molecule has 0 aromatic heterocycles. The predicted molar refractivity (Wildman–Crippen MR) is 103 cm³/mol. The van der Waals surface area contributed by atoms with Crippen molar-refractivity contribution < 1.29 is 14.5 Å². The first kappa shape index (κ1) is 19.8. The number of nitrogens with zero attached hydrogens (tertiary/aromatic N) is 1. The number of hydrogen-bond acceptors (Lipinski definition) is 5. The highest BCUT2D eigenvalue weighted by Crippen LogP contribution is 2.17. The highest BCUT2D eigenvalue weighted by molar-refractivity contribution is 7.99. The number of rotatable bonds is 9. The van der Waals surface area contributed by atoms with E-state index in [4.69, 9.17) is 4.74 Å². The smallest absolute Gasteiger partial charge is 0.269 e. The lowest BCUT2D eigenvalue weighted by molar-refractivity contribution is -0.384. The van der Waals surface area contributed by atoms with Crippen molar-refractivity contribution in [3.63, 3.8) is 0 Å². The first-order chi connectivity index (χ1) is 12.4. The van der Waals surface area contributed by atoms with E-state index in [1.807, 2.05) is 38.1 Å². The van der Waals surface area contributed by atoms with Crippen LogP contribution >= 0.6 is 11.8 Å². The number of ether oxygens (including phenoxy) is 1. The van der Waals surface area contributed by atoms with Gasteiger partial charge in [-0.2, -0.15) is 0 Å². The van der Waals surface area contributed by atoms with Crippen LogP contribution in [-0.4, -0.2) is 22.7 Å². The van der Waals surface area contributed by atoms with Crippen molar-refractivity contribution in [2.45, 2.75) is 32.2 Å². The summed E-state index contributed by atoms with van der Waals surface area (Å²) in [6.45, 7) is 4.39. The van der Waals surface area contributed by atoms with Crippen LogP contribution in [0.5, 0.6) is 5.75 Å². The van der Waals surface area contributed by atoms with E-state index in [1.165, 1.54) is 23.9 Å². The second-order valence-corrected chi connectivity index (χ2v) is 6.99. The van der Waals surface area contributed by atoms with Gasteiger partial charge in [-0.15, -0.1) is 11.8 Å². The van der Waals surface area contributed by atoms with Crippen LogP contribution in [0.4, 0.5) is 5.69 Å². The van der Waals surface area contributed by atoms with Crippen LogP contribution < -0.4 is 10.1 Å². The quantitative estimate of drug-likeness (QED) is 0.531. The Morgan fingerprint density at radius 3 is 2.58 bits per heavy atom. The van der Waals surface area contributed by atoms with Gasteiger partial charge in [0.2, 0.25) is 5.91 Å². The lowest BCUT2D eigenvalue weighted by Gasteiger charge is -2.11. The third kappa shape index (κ3) is 6.76. The van der Waals surface area contributed by atoms with Gasteiger partial charge < -0.3 is 10.1 Å². The first-order valence-electron chi connectivity index (χ1n) is 8.27. The zero-order chi connectivity index (χ0) is 18.9. The number of carbonyl (C=O) groups excluding carboxylic acids is 1. The van der Waals surface area contributed by atoms with Crippen molar-refractivity contribution in [3.8, 4) is 5.75 Å². The number of non-ortho nitro benzene ring substituents is 1. The lowest BCUT2D eigenvalue weighted by Crippen LogP contribution is -2.24. The van der Waals surface area contributed by atoms with E-state index in [-0.39, 0.29) is 17.7 Å². The maximum atomic E-state index is 12.0. The molecule has 0 radical (unpaired) electrons. The molecular weight excluding hydrogens is 352 g/mol. The molecule has 1 amide bonds. The summed E-state index contributed by atoms with van der Waals surface area (Å²) < 4.78 is 5.64. The number of hydrogen-bond donors (Lipinski definition) is 1. The Morgan fingerprint density at radius 2 is 1.92 bits per heavy atom. The third-order valence-corrected chi connectivity index (χ3v) is 4.41. The predicted octanol–water partition coefficient (Wildman–Crippen LogP) is 3.93. The largest absolute Gasteiger partial charge is 0.491 e. The Balaban J connectivity index is 1.73. The number of nitro benzene ring substituents is 1. The number of benzene rings is 2. The molecule has 0 spiro atoms. The SMILES string of the molecule is CC(C)Oc1cccc(CNC(=O)CSCc2ccc([N+](=O)[O-])cc2)c1. The number of carbonyl (C=O) groups is 1. The molecule has 2 aromatic rings. The molecule has 0 bridgehead atoms. The van der Waals surface area contributed by atoms with Gasteiger partial charge in [-0.25, -0.2) is 0 Å². The Labute approximate surface area is 157 Å². The molecule has 26 heavy (non-hydrogen) atoms. The van der Waals surface area contributed by atoms with Crippen molar-refractivity contribution in [1.82, 2.24) is 5.32 Å². The van der Waals surface area contributed by atoms with Gasteiger partial charge in [-0.05, 0) is 37.1 Å². The minimum Gasteiger partial charge on any atom is -0.491 e. The summed E-state index contributed by atoms with van der Waals surface area (Å²) in [5.74, 6) is 1.70. The molecule has 0 fully saturated rings. The van der Waals surface area contributed by atoms with Crippen LogP contribution in [0.25, 0.3) is 0 Å². The molecule has 0 unspecified atom stereocenters. The van der Waals surface area contributed by atoms with Crippen molar-refractivity contribution in [2.75, 3.05) is 5.75 Å².